The van der Waals surface area contributed by atoms with Crippen molar-refractivity contribution < 1.29 is 4.79 Å². The summed E-state index contributed by atoms with van der Waals surface area (Å²) in [6.45, 7) is 0. The third kappa shape index (κ3) is 2.20. The predicted octanol–water partition coefficient (Wildman–Crippen LogP) is 2.70. The van der Waals surface area contributed by atoms with Crippen LogP contribution in [0, 0.1) is 0 Å². The Morgan fingerprint density at radius 3 is 3.27 bits per heavy atom. The van der Waals surface area contributed by atoms with E-state index in [1.165, 1.54) is 5.56 Å². The molecule has 80 valence electrons. The minimum Gasteiger partial charge on any atom is -0.299 e. The van der Waals surface area contributed by atoms with Gasteiger partial charge in [-0.1, -0.05) is 6.07 Å². The Morgan fingerprint density at radius 2 is 2.47 bits per heavy atom. The zero-order chi connectivity index (χ0) is 10.7. The molecule has 1 aliphatic rings. The van der Waals surface area contributed by atoms with Crippen LogP contribution in [0.1, 0.15) is 36.4 Å². The summed E-state index contributed by atoms with van der Waals surface area (Å²) < 4.78 is 0. The van der Waals surface area contributed by atoms with Gasteiger partial charge in [-0.15, -0.1) is 11.6 Å². The van der Waals surface area contributed by atoms with Gasteiger partial charge in [0.05, 0.1) is 11.6 Å². The number of nitrogens with zero attached hydrogens (tertiary/aromatic N) is 1. The van der Waals surface area contributed by atoms with Crippen LogP contribution < -0.4 is 0 Å². The molecule has 2 nitrogen and oxygen atoms in total. The molecular formula is C12H14ClNO. The number of alkyl halides is 1. The summed E-state index contributed by atoms with van der Waals surface area (Å²) in [6.07, 6.45) is 5.04. The summed E-state index contributed by atoms with van der Waals surface area (Å²) in [5.74, 6) is 0.894. The summed E-state index contributed by atoms with van der Waals surface area (Å²) in [7, 11) is 0. The SMILES string of the molecule is O=C(CCCCl)C1CCc2cccnc21. The van der Waals surface area contributed by atoms with E-state index >= 15 is 0 Å². The van der Waals surface area contributed by atoms with Crippen LogP contribution in [0.4, 0.5) is 0 Å². The monoisotopic (exact) mass is 223 g/mol. The van der Waals surface area contributed by atoms with Gasteiger partial charge in [-0.3, -0.25) is 9.78 Å². The zero-order valence-electron chi connectivity index (χ0n) is 8.58. The number of aromatic nitrogens is 1. The fourth-order valence-corrected chi connectivity index (χ4v) is 2.27. The molecule has 1 unspecified atom stereocenters. The van der Waals surface area contributed by atoms with E-state index in [4.69, 9.17) is 11.6 Å². The van der Waals surface area contributed by atoms with E-state index in [0.29, 0.717) is 18.1 Å². The van der Waals surface area contributed by atoms with E-state index in [0.717, 1.165) is 25.0 Å². The zero-order valence-corrected chi connectivity index (χ0v) is 9.33. The topological polar surface area (TPSA) is 30.0 Å². The fraction of sp³-hybridized carbons (Fsp3) is 0.500. The van der Waals surface area contributed by atoms with Crippen molar-refractivity contribution in [3.8, 4) is 0 Å². The number of rotatable bonds is 4. The summed E-state index contributed by atoms with van der Waals surface area (Å²) in [6, 6.07) is 4.00. The van der Waals surface area contributed by atoms with Gasteiger partial charge < -0.3 is 0 Å². The van der Waals surface area contributed by atoms with Crippen molar-refractivity contribution in [2.45, 2.75) is 31.6 Å². The molecule has 0 aromatic carbocycles. The van der Waals surface area contributed by atoms with Crippen LogP contribution in [0.15, 0.2) is 18.3 Å². The van der Waals surface area contributed by atoms with Crippen LogP contribution in [0.5, 0.6) is 0 Å². The van der Waals surface area contributed by atoms with Gasteiger partial charge in [0.1, 0.15) is 5.78 Å². The molecule has 1 atom stereocenters. The third-order valence-electron chi connectivity index (χ3n) is 2.90. The highest BCUT2D eigenvalue weighted by Crippen LogP contribution is 2.32. The minimum atomic E-state index is 0.0319. The van der Waals surface area contributed by atoms with Crippen LogP contribution in [0.3, 0.4) is 0 Å². The van der Waals surface area contributed by atoms with Crippen molar-refractivity contribution in [1.29, 1.82) is 0 Å². The standard InChI is InChI=1S/C12H14ClNO/c13-7-1-4-11(15)10-6-5-9-3-2-8-14-12(9)10/h2-3,8,10H,1,4-7H2. The van der Waals surface area contributed by atoms with Gasteiger partial charge in [-0.05, 0) is 30.9 Å². The fourth-order valence-electron chi connectivity index (χ4n) is 2.14. The van der Waals surface area contributed by atoms with Gasteiger partial charge in [0.2, 0.25) is 0 Å². The normalized spacial score (nSPS) is 18.9. The number of fused-ring (bicyclic) bond motifs is 1. The average Bonchev–Trinajstić information content (AvgIpc) is 2.69. The Hall–Kier alpha value is -0.890. The van der Waals surface area contributed by atoms with E-state index in [2.05, 4.69) is 11.1 Å². The Balaban J connectivity index is 2.10. The highest BCUT2D eigenvalue weighted by atomic mass is 35.5. The first-order chi connectivity index (χ1) is 7.33. The molecule has 0 N–H and O–H groups in total. The summed E-state index contributed by atoms with van der Waals surface area (Å²) in [5.41, 5.74) is 2.23. The average molecular weight is 224 g/mol. The highest BCUT2D eigenvalue weighted by Gasteiger charge is 2.28. The summed E-state index contributed by atoms with van der Waals surface area (Å²) >= 11 is 5.58. The summed E-state index contributed by atoms with van der Waals surface area (Å²) in [5, 5.41) is 0. The molecule has 1 aliphatic carbocycles. The molecule has 2 rings (SSSR count). The number of ketones is 1. The van der Waals surface area contributed by atoms with E-state index in [1.807, 2.05) is 6.07 Å². The highest BCUT2D eigenvalue weighted by molar-refractivity contribution is 6.17. The molecule has 3 heteroatoms. The van der Waals surface area contributed by atoms with Crippen LogP contribution in [-0.4, -0.2) is 16.6 Å². The Kier molecular flexibility index (Phi) is 3.37. The van der Waals surface area contributed by atoms with Gasteiger partial charge in [-0.25, -0.2) is 0 Å². The van der Waals surface area contributed by atoms with Crippen molar-refractivity contribution in [1.82, 2.24) is 4.98 Å². The molecule has 0 saturated carbocycles. The van der Waals surface area contributed by atoms with E-state index < -0.39 is 0 Å². The van der Waals surface area contributed by atoms with Gasteiger partial charge in [0.15, 0.2) is 0 Å². The van der Waals surface area contributed by atoms with E-state index in [9.17, 15) is 4.79 Å². The predicted molar refractivity (Wildman–Crippen MR) is 60.3 cm³/mol. The molecule has 1 heterocycles. The smallest absolute Gasteiger partial charge is 0.141 e. The Labute approximate surface area is 94.7 Å². The van der Waals surface area contributed by atoms with E-state index in [1.54, 1.807) is 6.20 Å². The maximum absolute atomic E-state index is 11.9. The second-order valence-corrected chi connectivity index (χ2v) is 4.28. The lowest BCUT2D eigenvalue weighted by Crippen LogP contribution is -2.10. The third-order valence-corrected chi connectivity index (χ3v) is 3.17. The number of hydrogen-bond acceptors (Lipinski definition) is 2. The number of Topliss-reactive ketones (excluding diaryl/α,β-unsaturated/α-hetero) is 1. The van der Waals surface area contributed by atoms with Gasteiger partial charge in [0.25, 0.3) is 0 Å². The lowest BCUT2D eigenvalue weighted by Gasteiger charge is -2.08. The number of carbonyl (C=O) groups is 1. The molecule has 0 spiro atoms. The molecule has 0 bridgehead atoms. The number of carbonyl (C=O) groups excluding carboxylic acids is 1. The van der Waals surface area contributed by atoms with Gasteiger partial charge >= 0.3 is 0 Å². The molecular weight excluding hydrogens is 210 g/mol. The Morgan fingerprint density at radius 1 is 1.60 bits per heavy atom. The minimum absolute atomic E-state index is 0.0319. The number of pyridine rings is 1. The molecule has 15 heavy (non-hydrogen) atoms. The second kappa shape index (κ2) is 4.75. The molecule has 0 saturated heterocycles. The number of halogens is 1. The largest absolute Gasteiger partial charge is 0.299 e. The second-order valence-electron chi connectivity index (χ2n) is 3.90. The van der Waals surface area contributed by atoms with Crippen molar-refractivity contribution in [2.24, 2.45) is 0 Å². The van der Waals surface area contributed by atoms with Crippen LogP contribution in [0.25, 0.3) is 0 Å². The van der Waals surface area contributed by atoms with Crippen molar-refractivity contribution in [3.63, 3.8) is 0 Å². The molecule has 1 aromatic rings. The van der Waals surface area contributed by atoms with Crippen LogP contribution in [-0.2, 0) is 11.2 Å². The van der Waals surface area contributed by atoms with Gasteiger partial charge in [-0.2, -0.15) is 0 Å². The summed E-state index contributed by atoms with van der Waals surface area (Å²) in [4.78, 5) is 16.2. The molecule has 0 fully saturated rings. The first kappa shape index (κ1) is 10.6. The lowest BCUT2D eigenvalue weighted by molar-refractivity contribution is -0.120. The first-order valence-electron chi connectivity index (χ1n) is 5.35. The molecule has 0 radical (unpaired) electrons. The van der Waals surface area contributed by atoms with Gasteiger partial charge in [0, 0.05) is 18.5 Å². The van der Waals surface area contributed by atoms with Crippen LogP contribution in [0.2, 0.25) is 0 Å². The quantitative estimate of drug-likeness (QED) is 0.735. The molecule has 0 amide bonds. The molecule has 1 aromatic heterocycles. The first-order valence-corrected chi connectivity index (χ1v) is 5.89. The number of aryl methyl sites for hydroxylation is 1. The van der Waals surface area contributed by atoms with Crippen molar-refractivity contribution in [3.05, 3.63) is 29.6 Å². The van der Waals surface area contributed by atoms with E-state index in [-0.39, 0.29) is 5.92 Å². The molecule has 0 aliphatic heterocycles. The Bertz CT molecular complexity index is 364. The van der Waals surface area contributed by atoms with Crippen molar-refractivity contribution in [2.75, 3.05) is 5.88 Å². The maximum Gasteiger partial charge on any atom is 0.141 e. The van der Waals surface area contributed by atoms with Crippen molar-refractivity contribution >= 4 is 17.4 Å². The number of hydrogen-bond donors (Lipinski definition) is 0. The lowest BCUT2D eigenvalue weighted by atomic mass is 9.98. The maximum atomic E-state index is 11.9. The van der Waals surface area contributed by atoms with Crippen LogP contribution >= 0.6 is 11.6 Å².